The summed E-state index contributed by atoms with van der Waals surface area (Å²) in [5.41, 5.74) is 2.44. The van der Waals surface area contributed by atoms with E-state index in [0.29, 0.717) is 17.3 Å². The number of aryl methyl sites for hydroxylation is 3. The molecule has 0 saturated carbocycles. The van der Waals surface area contributed by atoms with Gasteiger partial charge in [-0.1, -0.05) is 35.5 Å². The van der Waals surface area contributed by atoms with Gasteiger partial charge in [-0.25, -0.2) is 9.97 Å². The van der Waals surface area contributed by atoms with Crippen molar-refractivity contribution in [2.45, 2.75) is 44.2 Å². The van der Waals surface area contributed by atoms with E-state index in [0.717, 1.165) is 34.1 Å². The van der Waals surface area contributed by atoms with Gasteiger partial charge in [0.15, 0.2) is 0 Å². The Morgan fingerprint density at radius 2 is 2.00 bits per heavy atom. The number of nitrogens with zero attached hydrogens (tertiary/aromatic N) is 2. The van der Waals surface area contributed by atoms with Crippen LogP contribution in [0, 0.1) is 6.92 Å². The Bertz CT molecular complexity index is 985. The molecule has 4 rings (SSSR count). The molecule has 1 aliphatic rings. The molecule has 7 heteroatoms. The zero-order chi connectivity index (χ0) is 18.8. The van der Waals surface area contributed by atoms with E-state index in [1.54, 1.807) is 11.3 Å². The fourth-order valence-electron chi connectivity index (χ4n) is 3.32. The van der Waals surface area contributed by atoms with Crippen LogP contribution in [0.1, 0.15) is 34.7 Å². The molecule has 0 unspecified atom stereocenters. The predicted octanol–water partition coefficient (Wildman–Crippen LogP) is 4.94. The second-order valence-electron chi connectivity index (χ2n) is 6.66. The van der Waals surface area contributed by atoms with E-state index < -0.39 is 0 Å². The Kier molecular flexibility index (Phi) is 5.66. The molecule has 1 N–H and O–H groups in total. The van der Waals surface area contributed by atoms with E-state index in [1.165, 1.54) is 40.4 Å². The van der Waals surface area contributed by atoms with Crippen LogP contribution >= 0.6 is 34.7 Å². The van der Waals surface area contributed by atoms with Crippen LogP contribution in [0.2, 0.25) is 5.02 Å². The van der Waals surface area contributed by atoms with Crippen molar-refractivity contribution < 1.29 is 4.79 Å². The first kappa shape index (κ1) is 18.7. The lowest BCUT2D eigenvalue weighted by atomic mass is 9.97. The third-order valence-electron chi connectivity index (χ3n) is 4.64. The third-order valence-corrected chi connectivity index (χ3v) is 7.05. The number of rotatable bonds is 5. The minimum absolute atomic E-state index is 0.00321. The minimum Gasteiger partial charge on any atom is -0.351 e. The summed E-state index contributed by atoms with van der Waals surface area (Å²) in [6.07, 6.45) is 4.71. The van der Waals surface area contributed by atoms with Gasteiger partial charge in [-0.3, -0.25) is 4.79 Å². The summed E-state index contributed by atoms with van der Waals surface area (Å²) in [7, 11) is 0. The molecular weight excluding hydrogens is 398 g/mol. The summed E-state index contributed by atoms with van der Waals surface area (Å²) < 4.78 is 0. The van der Waals surface area contributed by atoms with E-state index in [9.17, 15) is 4.79 Å². The average Bonchev–Trinajstić information content (AvgIpc) is 3.03. The van der Waals surface area contributed by atoms with Gasteiger partial charge in [0.2, 0.25) is 5.91 Å². The van der Waals surface area contributed by atoms with Crippen molar-refractivity contribution in [3.05, 3.63) is 51.1 Å². The van der Waals surface area contributed by atoms with E-state index in [1.807, 2.05) is 31.2 Å². The molecule has 2 heterocycles. The van der Waals surface area contributed by atoms with Crippen LogP contribution in [0.5, 0.6) is 0 Å². The molecule has 0 aliphatic heterocycles. The number of fused-ring (bicyclic) bond motifs is 3. The van der Waals surface area contributed by atoms with E-state index in [2.05, 4.69) is 15.3 Å². The monoisotopic (exact) mass is 417 g/mol. The first-order valence-electron chi connectivity index (χ1n) is 9.03. The van der Waals surface area contributed by atoms with Crippen molar-refractivity contribution in [1.29, 1.82) is 0 Å². The third kappa shape index (κ3) is 4.28. The zero-order valence-corrected chi connectivity index (χ0v) is 17.4. The van der Waals surface area contributed by atoms with Crippen LogP contribution in [0.25, 0.3) is 10.2 Å². The topological polar surface area (TPSA) is 54.9 Å². The first-order chi connectivity index (χ1) is 13.1. The van der Waals surface area contributed by atoms with Gasteiger partial charge in [0, 0.05) is 21.8 Å². The maximum Gasteiger partial charge on any atom is 0.230 e. The summed E-state index contributed by atoms with van der Waals surface area (Å²) in [6, 6.07) is 7.51. The summed E-state index contributed by atoms with van der Waals surface area (Å²) in [5, 5.41) is 5.78. The second kappa shape index (κ2) is 8.17. The molecule has 1 aliphatic carbocycles. The molecule has 0 fully saturated rings. The van der Waals surface area contributed by atoms with Crippen molar-refractivity contribution in [2.75, 3.05) is 5.75 Å². The highest BCUT2D eigenvalue weighted by molar-refractivity contribution is 8.00. The van der Waals surface area contributed by atoms with Crippen LogP contribution < -0.4 is 5.32 Å². The van der Waals surface area contributed by atoms with Crippen molar-refractivity contribution >= 4 is 50.8 Å². The van der Waals surface area contributed by atoms with Gasteiger partial charge in [-0.15, -0.1) is 11.3 Å². The summed E-state index contributed by atoms with van der Waals surface area (Å²) >= 11 is 9.20. The van der Waals surface area contributed by atoms with Gasteiger partial charge in [-0.2, -0.15) is 0 Å². The number of benzene rings is 1. The Labute approximate surface area is 171 Å². The van der Waals surface area contributed by atoms with Crippen LogP contribution in [-0.4, -0.2) is 21.6 Å². The van der Waals surface area contributed by atoms with Crippen molar-refractivity contribution in [3.63, 3.8) is 0 Å². The normalized spacial score (nSPS) is 13.6. The maximum absolute atomic E-state index is 12.3. The quantitative estimate of drug-likeness (QED) is 0.471. The number of nitrogens with one attached hydrogen (secondary N) is 1. The van der Waals surface area contributed by atoms with E-state index in [-0.39, 0.29) is 5.91 Å². The molecule has 0 atom stereocenters. The van der Waals surface area contributed by atoms with Crippen molar-refractivity contribution in [2.24, 2.45) is 0 Å². The van der Waals surface area contributed by atoms with E-state index >= 15 is 0 Å². The molecule has 3 aromatic rings. The van der Waals surface area contributed by atoms with Crippen LogP contribution in [0.15, 0.2) is 29.3 Å². The van der Waals surface area contributed by atoms with E-state index in [4.69, 9.17) is 11.6 Å². The lowest BCUT2D eigenvalue weighted by molar-refractivity contribution is -0.118. The fraction of sp³-hybridized carbons (Fsp3) is 0.350. The molecule has 27 heavy (non-hydrogen) atoms. The number of aromatic nitrogens is 2. The number of carbonyl (C=O) groups excluding carboxylic acids is 1. The van der Waals surface area contributed by atoms with Gasteiger partial charge < -0.3 is 5.32 Å². The molecule has 0 bridgehead atoms. The zero-order valence-electron chi connectivity index (χ0n) is 15.0. The second-order valence-corrected chi connectivity index (χ2v) is 9.14. The Balaban J connectivity index is 1.46. The molecule has 1 aromatic carbocycles. The van der Waals surface area contributed by atoms with Crippen molar-refractivity contribution in [1.82, 2.24) is 15.3 Å². The largest absolute Gasteiger partial charge is 0.351 e. The van der Waals surface area contributed by atoms with Gasteiger partial charge in [-0.05, 0) is 55.9 Å². The summed E-state index contributed by atoms with van der Waals surface area (Å²) in [5.74, 6) is 1.12. The van der Waals surface area contributed by atoms with Crippen LogP contribution in [0.3, 0.4) is 0 Å². The highest BCUT2D eigenvalue weighted by Crippen LogP contribution is 2.39. The number of halogens is 1. The number of carbonyl (C=O) groups is 1. The molecule has 0 saturated heterocycles. The first-order valence-corrected chi connectivity index (χ1v) is 11.2. The van der Waals surface area contributed by atoms with Gasteiger partial charge >= 0.3 is 0 Å². The number of thioether (sulfide) groups is 1. The van der Waals surface area contributed by atoms with Gasteiger partial charge in [0.1, 0.15) is 15.7 Å². The Hall–Kier alpha value is -1.63. The standard InChI is InChI=1S/C20H20ClN3OS2/c1-12-23-19(18-15-4-2-3-5-16(15)27-20(18)24-12)26-11-17(25)22-10-13-6-8-14(21)9-7-13/h6-9H,2-5,10-11H2,1H3,(H,22,25). The van der Waals surface area contributed by atoms with Gasteiger partial charge in [0.05, 0.1) is 5.75 Å². The molecular formula is C20H20ClN3OS2. The molecule has 2 aromatic heterocycles. The minimum atomic E-state index is 0.00321. The molecule has 0 spiro atoms. The smallest absolute Gasteiger partial charge is 0.230 e. The van der Waals surface area contributed by atoms with Crippen LogP contribution in [-0.2, 0) is 24.2 Å². The van der Waals surface area contributed by atoms with Crippen LogP contribution in [0.4, 0.5) is 0 Å². The fourth-order valence-corrected chi connectivity index (χ4v) is 5.75. The highest BCUT2D eigenvalue weighted by atomic mass is 35.5. The Morgan fingerprint density at radius 3 is 2.81 bits per heavy atom. The number of hydrogen-bond acceptors (Lipinski definition) is 5. The predicted molar refractivity (Wildman–Crippen MR) is 113 cm³/mol. The molecule has 0 radical (unpaired) electrons. The number of hydrogen-bond donors (Lipinski definition) is 1. The SMILES string of the molecule is Cc1nc(SCC(=O)NCc2ccc(Cl)cc2)c2c3c(sc2n1)CCCC3. The maximum atomic E-state index is 12.3. The Morgan fingerprint density at radius 1 is 1.22 bits per heavy atom. The summed E-state index contributed by atoms with van der Waals surface area (Å²) in [4.78, 5) is 24.1. The molecule has 1 amide bonds. The number of thiophene rings is 1. The average molecular weight is 418 g/mol. The molecule has 4 nitrogen and oxygen atoms in total. The number of amides is 1. The highest BCUT2D eigenvalue weighted by Gasteiger charge is 2.21. The van der Waals surface area contributed by atoms with Gasteiger partial charge in [0.25, 0.3) is 0 Å². The lowest BCUT2D eigenvalue weighted by Gasteiger charge is -2.12. The molecule has 140 valence electrons. The van der Waals surface area contributed by atoms with Crippen molar-refractivity contribution in [3.8, 4) is 0 Å². The summed E-state index contributed by atoms with van der Waals surface area (Å²) in [6.45, 7) is 2.42. The lowest BCUT2D eigenvalue weighted by Crippen LogP contribution is -2.24.